The minimum absolute atomic E-state index is 0.0624. The maximum atomic E-state index is 12.7. The molecule has 4 rings (SSSR count). The summed E-state index contributed by atoms with van der Waals surface area (Å²) in [4.78, 5) is 24.1. The van der Waals surface area contributed by atoms with Crippen LogP contribution in [0.1, 0.15) is 40.2 Å². The average molecular weight is 371 g/mol. The van der Waals surface area contributed by atoms with Crippen molar-refractivity contribution in [1.82, 2.24) is 14.9 Å². The highest BCUT2D eigenvalue weighted by Gasteiger charge is 2.13. The normalized spacial score (nSPS) is 14.3. The van der Waals surface area contributed by atoms with E-state index >= 15 is 0 Å². The zero-order valence-corrected chi connectivity index (χ0v) is 16.3. The Morgan fingerprint density at radius 2 is 1.82 bits per heavy atom. The van der Waals surface area contributed by atoms with Crippen LogP contribution in [0.25, 0.3) is 11.3 Å². The van der Waals surface area contributed by atoms with Crippen LogP contribution >= 0.6 is 0 Å². The fraction of sp³-hybridized carbons (Fsp3) is 0.292. The molecule has 1 aliphatic heterocycles. The van der Waals surface area contributed by atoms with Crippen LogP contribution in [0.15, 0.2) is 60.8 Å². The fourth-order valence-electron chi connectivity index (χ4n) is 3.71. The van der Waals surface area contributed by atoms with Crippen molar-refractivity contribution < 1.29 is 4.79 Å². The van der Waals surface area contributed by atoms with E-state index in [0.717, 1.165) is 29.2 Å². The van der Waals surface area contributed by atoms with E-state index in [2.05, 4.69) is 39.1 Å². The zero-order chi connectivity index (χ0) is 19.3. The third-order valence-electron chi connectivity index (χ3n) is 5.22. The van der Waals surface area contributed by atoms with Crippen molar-refractivity contribution in [3.05, 3.63) is 83.3 Å². The Morgan fingerprint density at radius 1 is 1.04 bits per heavy atom. The predicted octanol–water partition coefficient (Wildman–Crippen LogP) is 4.47. The molecule has 142 valence electrons. The van der Waals surface area contributed by atoms with Crippen LogP contribution in [0.5, 0.6) is 0 Å². The molecular weight excluding hydrogens is 346 g/mol. The van der Waals surface area contributed by atoms with Gasteiger partial charge in [-0.1, -0.05) is 30.3 Å². The van der Waals surface area contributed by atoms with Crippen molar-refractivity contribution >= 4 is 5.78 Å². The number of aromatic nitrogens is 2. The van der Waals surface area contributed by atoms with Crippen molar-refractivity contribution in [2.24, 2.45) is 0 Å². The van der Waals surface area contributed by atoms with E-state index in [0.29, 0.717) is 12.0 Å². The molecule has 0 atom stereocenters. The zero-order valence-electron chi connectivity index (χ0n) is 16.3. The molecule has 1 fully saturated rings. The molecule has 28 heavy (non-hydrogen) atoms. The standard InChI is InChI=1S/C24H25N3O/c1-18-5-4-6-22(26-18)16-24(28)21-11-12-25-23(15-21)20-9-7-19(8-10-20)17-27-13-2-3-14-27/h4-12,15H,2-3,13-14,16-17H2,1H3. The molecule has 0 N–H and O–H groups in total. The molecule has 0 aliphatic carbocycles. The van der Waals surface area contributed by atoms with E-state index in [9.17, 15) is 4.79 Å². The van der Waals surface area contributed by atoms with Gasteiger partial charge in [-0.15, -0.1) is 0 Å². The highest BCUT2D eigenvalue weighted by atomic mass is 16.1. The highest BCUT2D eigenvalue weighted by molar-refractivity contribution is 5.98. The topological polar surface area (TPSA) is 46.1 Å². The molecule has 0 bridgehead atoms. The Kier molecular flexibility index (Phi) is 5.58. The van der Waals surface area contributed by atoms with Gasteiger partial charge in [-0.25, -0.2) is 0 Å². The number of carbonyl (C=O) groups is 1. The fourth-order valence-corrected chi connectivity index (χ4v) is 3.71. The van der Waals surface area contributed by atoms with E-state index in [4.69, 9.17) is 0 Å². The average Bonchev–Trinajstić information content (AvgIpc) is 3.22. The van der Waals surface area contributed by atoms with Crippen molar-refractivity contribution in [3.8, 4) is 11.3 Å². The van der Waals surface area contributed by atoms with E-state index in [-0.39, 0.29) is 5.78 Å². The first-order valence-electron chi connectivity index (χ1n) is 9.91. The van der Waals surface area contributed by atoms with Crippen LogP contribution in [0, 0.1) is 6.92 Å². The summed E-state index contributed by atoms with van der Waals surface area (Å²) in [5.41, 5.74) is 5.59. The van der Waals surface area contributed by atoms with Crippen molar-refractivity contribution in [1.29, 1.82) is 0 Å². The molecule has 3 aromatic rings. The summed E-state index contributed by atoms with van der Waals surface area (Å²) in [7, 11) is 0. The molecule has 2 aromatic heterocycles. The first kappa shape index (κ1) is 18.5. The van der Waals surface area contributed by atoms with Gasteiger partial charge in [-0.05, 0) is 62.7 Å². The number of carbonyl (C=O) groups excluding carboxylic acids is 1. The number of pyridine rings is 2. The number of Topliss-reactive ketones (excluding diaryl/α,β-unsaturated/α-hetero) is 1. The van der Waals surface area contributed by atoms with Gasteiger partial charge in [-0.2, -0.15) is 0 Å². The molecule has 0 amide bonds. The maximum Gasteiger partial charge on any atom is 0.168 e. The Morgan fingerprint density at radius 3 is 2.57 bits per heavy atom. The smallest absolute Gasteiger partial charge is 0.168 e. The van der Waals surface area contributed by atoms with Crippen LogP contribution in [-0.4, -0.2) is 33.7 Å². The summed E-state index contributed by atoms with van der Waals surface area (Å²) in [6.45, 7) is 5.34. The van der Waals surface area contributed by atoms with Gasteiger partial charge in [0.2, 0.25) is 0 Å². The minimum atomic E-state index is 0.0624. The van der Waals surface area contributed by atoms with Gasteiger partial charge in [-0.3, -0.25) is 19.7 Å². The Bertz CT molecular complexity index is 960. The van der Waals surface area contributed by atoms with Gasteiger partial charge in [0, 0.05) is 35.3 Å². The van der Waals surface area contributed by atoms with Gasteiger partial charge < -0.3 is 0 Å². The van der Waals surface area contributed by atoms with Crippen LogP contribution in [0.3, 0.4) is 0 Å². The molecule has 0 unspecified atom stereocenters. The summed E-state index contributed by atoms with van der Waals surface area (Å²) in [5.74, 6) is 0.0624. The number of rotatable bonds is 6. The molecule has 4 nitrogen and oxygen atoms in total. The quantitative estimate of drug-likeness (QED) is 0.600. The van der Waals surface area contributed by atoms with Crippen LogP contribution in [0.2, 0.25) is 0 Å². The van der Waals surface area contributed by atoms with Gasteiger partial charge >= 0.3 is 0 Å². The Labute approximate surface area is 166 Å². The number of aryl methyl sites for hydroxylation is 1. The van der Waals surface area contributed by atoms with Crippen LogP contribution in [-0.2, 0) is 13.0 Å². The van der Waals surface area contributed by atoms with E-state index in [1.165, 1.54) is 31.5 Å². The third kappa shape index (κ3) is 4.52. The summed E-state index contributed by atoms with van der Waals surface area (Å²) < 4.78 is 0. The summed E-state index contributed by atoms with van der Waals surface area (Å²) in [6.07, 6.45) is 4.63. The van der Waals surface area contributed by atoms with E-state index < -0.39 is 0 Å². The lowest BCUT2D eigenvalue weighted by Gasteiger charge is -2.14. The monoisotopic (exact) mass is 371 g/mol. The highest BCUT2D eigenvalue weighted by Crippen LogP contribution is 2.21. The third-order valence-corrected chi connectivity index (χ3v) is 5.22. The van der Waals surface area contributed by atoms with Crippen molar-refractivity contribution in [2.45, 2.75) is 32.7 Å². The first-order chi connectivity index (χ1) is 13.7. The van der Waals surface area contributed by atoms with Crippen LogP contribution in [0.4, 0.5) is 0 Å². The first-order valence-corrected chi connectivity index (χ1v) is 9.91. The Hall–Kier alpha value is -2.85. The molecular formula is C24H25N3O. The van der Waals surface area contributed by atoms with Gasteiger partial charge in [0.15, 0.2) is 5.78 Å². The van der Waals surface area contributed by atoms with Crippen molar-refractivity contribution in [2.75, 3.05) is 13.1 Å². The van der Waals surface area contributed by atoms with Gasteiger partial charge in [0.25, 0.3) is 0 Å². The number of likely N-dealkylation sites (tertiary alicyclic amines) is 1. The largest absolute Gasteiger partial charge is 0.299 e. The molecule has 4 heteroatoms. The second kappa shape index (κ2) is 8.44. The Balaban J connectivity index is 1.47. The maximum absolute atomic E-state index is 12.7. The number of nitrogens with zero attached hydrogens (tertiary/aromatic N) is 3. The number of benzene rings is 1. The number of ketones is 1. The van der Waals surface area contributed by atoms with E-state index in [1.54, 1.807) is 12.3 Å². The summed E-state index contributed by atoms with van der Waals surface area (Å²) in [6, 6.07) is 18.0. The van der Waals surface area contributed by atoms with Gasteiger partial charge in [0.1, 0.15) is 0 Å². The van der Waals surface area contributed by atoms with E-state index in [1.807, 2.05) is 31.2 Å². The second-order valence-corrected chi connectivity index (χ2v) is 7.48. The minimum Gasteiger partial charge on any atom is -0.299 e. The molecule has 1 aliphatic rings. The summed E-state index contributed by atoms with van der Waals surface area (Å²) in [5, 5.41) is 0. The SMILES string of the molecule is Cc1cccc(CC(=O)c2ccnc(-c3ccc(CN4CCCC4)cc3)c2)n1. The summed E-state index contributed by atoms with van der Waals surface area (Å²) >= 11 is 0. The lowest BCUT2D eigenvalue weighted by molar-refractivity contribution is 0.0992. The predicted molar refractivity (Wildman–Crippen MR) is 111 cm³/mol. The molecule has 1 saturated heterocycles. The molecule has 0 spiro atoms. The van der Waals surface area contributed by atoms with Crippen LogP contribution < -0.4 is 0 Å². The molecule has 3 heterocycles. The van der Waals surface area contributed by atoms with Gasteiger partial charge in [0.05, 0.1) is 12.1 Å². The lowest BCUT2D eigenvalue weighted by Crippen LogP contribution is -2.18. The number of hydrogen-bond acceptors (Lipinski definition) is 4. The van der Waals surface area contributed by atoms with Crippen molar-refractivity contribution in [3.63, 3.8) is 0 Å². The lowest BCUT2D eigenvalue weighted by atomic mass is 10.0. The number of hydrogen-bond donors (Lipinski definition) is 0. The molecule has 1 aromatic carbocycles. The molecule has 0 radical (unpaired) electrons. The molecule has 0 saturated carbocycles. The second-order valence-electron chi connectivity index (χ2n) is 7.48.